The van der Waals surface area contributed by atoms with Crippen molar-refractivity contribution >= 4 is 5.78 Å². The van der Waals surface area contributed by atoms with Crippen molar-refractivity contribution < 1.29 is 4.79 Å². The summed E-state index contributed by atoms with van der Waals surface area (Å²) in [4.78, 5) is 15.5. The maximum atomic E-state index is 11.2. The lowest BCUT2D eigenvalue weighted by atomic mass is 10.1. The molecule has 0 saturated heterocycles. The minimum atomic E-state index is 0.103. The quantitative estimate of drug-likeness (QED) is 0.754. The zero-order chi connectivity index (χ0) is 12.3. The molecule has 2 aromatic rings. The Morgan fingerprint density at radius 3 is 2.59 bits per heavy atom. The maximum absolute atomic E-state index is 11.2. The summed E-state index contributed by atoms with van der Waals surface area (Å²) >= 11 is 0. The van der Waals surface area contributed by atoms with E-state index < -0.39 is 0 Å². The summed E-state index contributed by atoms with van der Waals surface area (Å²) in [6.45, 7) is 4.61. The van der Waals surface area contributed by atoms with Crippen LogP contribution in [0.25, 0.3) is 0 Å². The van der Waals surface area contributed by atoms with Crippen LogP contribution in [0.5, 0.6) is 0 Å². The molecule has 1 aromatic heterocycles. The average Bonchev–Trinajstić information content (AvgIpc) is 2.77. The Labute approximate surface area is 101 Å². The molecule has 0 N–H and O–H groups in total. The summed E-state index contributed by atoms with van der Waals surface area (Å²) in [6, 6.07) is 7.73. The van der Waals surface area contributed by atoms with E-state index in [2.05, 4.69) is 16.5 Å². The summed E-state index contributed by atoms with van der Waals surface area (Å²) in [6.07, 6.45) is 4.61. The molecular weight excluding hydrogens is 212 g/mol. The van der Waals surface area contributed by atoms with E-state index in [1.807, 2.05) is 36.7 Å². The second-order valence-electron chi connectivity index (χ2n) is 4.06. The number of carbonyl (C=O) groups is 1. The number of aromatic nitrogens is 2. The molecule has 0 aliphatic carbocycles. The highest BCUT2D eigenvalue weighted by atomic mass is 16.1. The zero-order valence-corrected chi connectivity index (χ0v) is 10.2. The monoisotopic (exact) mass is 228 g/mol. The Kier molecular flexibility index (Phi) is 3.38. The van der Waals surface area contributed by atoms with Crippen molar-refractivity contribution in [1.82, 2.24) is 9.55 Å². The van der Waals surface area contributed by atoms with Crippen LogP contribution in [0.2, 0.25) is 0 Å². The molecule has 2 rings (SSSR count). The zero-order valence-electron chi connectivity index (χ0n) is 10.2. The third-order valence-electron chi connectivity index (χ3n) is 2.87. The molecule has 0 atom stereocenters. The van der Waals surface area contributed by atoms with Gasteiger partial charge in [-0.2, -0.15) is 0 Å². The van der Waals surface area contributed by atoms with Gasteiger partial charge in [0.05, 0.1) is 0 Å². The van der Waals surface area contributed by atoms with E-state index >= 15 is 0 Å². The Bertz CT molecular complexity index is 511. The molecule has 3 nitrogen and oxygen atoms in total. The second kappa shape index (κ2) is 4.95. The van der Waals surface area contributed by atoms with Crippen molar-refractivity contribution in [3.8, 4) is 0 Å². The number of hydrogen-bond donors (Lipinski definition) is 0. The summed E-state index contributed by atoms with van der Waals surface area (Å²) in [5, 5.41) is 0. The first kappa shape index (κ1) is 11.6. The Morgan fingerprint density at radius 1 is 1.29 bits per heavy atom. The first-order valence-electron chi connectivity index (χ1n) is 5.80. The predicted molar refractivity (Wildman–Crippen MR) is 67.2 cm³/mol. The molecule has 0 radical (unpaired) electrons. The lowest BCUT2D eigenvalue weighted by molar-refractivity contribution is 0.101. The molecule has 1 aromatic carbocycles. The molecule has 0 bridgehead atoms. The molecule has 0 unspecified atom stereocenters. The highest BCUT2D eigenvalue weighted by molar-refractivity contribution is 5.93. The number of ketones is 1. The molecular formula is C14H16N2O. The largest absolute Gasteiger partial charge is 0.335 e. The standard InChI is InChI=1S/C14H16N2O/c1-3-16-9-8-15-14(16)10-12-4-6-13(7-5-12)11(2)17/h4-9H,3,10H2,1-2H3. The van der Waals surface area contributed by atoms with Crippen molar-refractivity contribution in [1.29, 1.82) is 0 Å². The van der Waals surface area contributed by atoms with Crippen molar-refractivity contribution in [2.24, 2.45) is 0 Å². The SMILES string of the molecule is CCn1ccnc1Cc1ccc(C(C)=O)cc1. The van der Waals surface area contributed by atoms with E-state index in [1.54, 1.807) is 6.92 Å². The lowest BCUT2D eigenvalue weighted by Crippen LogP contribution is -2.02. The first-order chi connectivity index (χ1) is 8.20. The van der Waals surface area contributed by atoms with E-state index in [-0.39, 0.29) is 5.78 Å². The first-order valence-corrected chi connectivity index (χ1v) is 5.80. The Hall–Kier alpha value is -1.90. The van der Waals surface area contributed by atoms with E-state index in [1.165, 1.54) is 5.56 Å². The fourth-order valence-electron chi connectivity index (χ4n) is 1.84. The van der Waals surface area contributed by atoms with E-state index in [4.69, 9.17) is 0 Å². The van der Waals surface area contributed by atoms with Gasteiger partial charge in [0.25, 0.3) is 0 Å². The van der Waals surface area contributed by atoms with Crippen LogP contribution < -0.4 is 0 Å². The normalized spacial score (nSPS) is 10.5. The van der Waals surface area contributed by atoms with Crippen molar-refractivity contribution in [3.05, 3.63) is 53.6 Å². The van der Waals surface area contributed by atoms with Gasteiger partial charge in [0.15, 0.2) is 5.78 Å². The van der Waals surface area contributed by atoms with E-state index in [0.717, 1.165) is 24.4 Å². The molecule has 17 heavy (non-hydrogen) atoms. The maximum Gasteiger partial charge on any atom is 0.159 e. The summed E-state index contributed by atoms with van der Waals surface area (Å²) in [7, 11) is 0. The fourth-order valence-corrected chi connectivity index (χ4v) is 1.84. The van der Waals surface area contributed by atoms with E-state index in [9.17, 15) is 4.79 Å². The number of benzene rings is 1. The van der Waals surface area contributed by atoms with E-state index in [0.29, 0.717) is 0 Å². The molecule has 0 amide bonds. The van der Waals surface area contributed by atoms with Gasteiger partial charge < -0.3 is 4.57 Å². The number of imidazole rings is 1. The van der Waals surface area contributed by atoms with Gasteiger partial charge in [0.2, 0.25) is 0 Å². The molecule has 0 aliphatic rings. The van der Waals surface area contributed by atoms with Gasteiger partial charge in [-0.25, -0.2) is 4.98 Å². The number of Topliss-reactive ketones (excluding diaryl/α,β-unsaturated/α-hetero) is 1. The molecule has 0 fully saturated rings. The Balaban J connectivity index is 2.16. The number of carbonyl (C=O) groups excluding carboxylic acids is 1. The molecule has 3 heteroatoms. The van der Waals surface area contributed by atoms with Crippen LogP contribution in [0.1, 0.15) is 35.6 Å². The average molecular weight is 228 g/mol. The minimum Gasteiger partial charge on any atom is -0.335 e. The third-order valence-corrected chi connectivity index (χ3v) is 2.87. The third kappa shape index (κ3) is 2.61. The van der Waals surface area contributed by atoms with Crippen LogP contribution >= 0.6 is 0 Å². The van der Waals surface area contributed by atoms with Crippen molar-refractivity contribution in [2.75, 3.05) is 0 Å². The van der Waals surface area contributed by atoms with Gasteiger partial charge in [-0.15, -0.1) is 0 Å². The molecule has 0 saturated carbocycles. The van der Waals surface area contributed by atoms with Crippen LogP contribution in [-0.4, -0.2) is 15.3 Å². The highest BCUT2D eigenvalue weighted by Gasteiger charge is 2.04. The van der Waals surface area contributed by atoms with Gasteiger partial charge in [0.1, 0.15) is 5.82 Å². The fraction of sp³-hybridized carbons (Fsp3) is 0.286. The molecule has 0 spiro atoms. The highest BCUT2D eigenvalue weighted by Crippen LogP contribution is 2.10. The minimum absolute atomic E-state index is 0.103. The summed E-state index contributed by atoms with van der Waals surface area (Å²) < 4.78 is 2.12. The number of hydrogen-bond acceptors (Lipinski definition) is 2. The molecule has 1 heterocycles. The lowest BCUT2D eigenvalue weighted by Gasteiger charge is -2.05. The summed E-state index contributed by atoms with van der Waals surface area (Å²) in [5.41, 5.74) is 1.93. The summed E-state index contributed by atoms with van der Waals surface area (Å²) in [5.74, 6) is 1.16. The smallest absolute Gasteiger partial charge is 0.159 e. The molecule has 0 aliphatic heterocycles. The predicted octanol–water partition coefficient (Wildman–Crippen LogP) is 2.70. The number of nitrogens with zero attached hydrogens (tertiary/aromatic N) is 2. The van der Waals surface area contributed by atoms with Gasteiger partial charge >= 0.3 is 0 Å². The topological polar surface area (TPSA) is 34.9 Å². The number of rotatable bonds is 4. The van der Waals surface area contributed by atoms with Gasteiger partial charge in [0, 0.05) is 30.9 Å². The Morgan fingerprint density at radius 2 is 2.00 bits per heavy atom. The van der Waals surface area contributed by atoms with Crippen LogP contribution in [-0.2, 0) is 13.0 Å². The van der Waals surface area contributed by atoms with Crippen LogP contribution in [0.15, 0.2) is 36.7 Å². The van der Waals surface area contributed by atoms with Crippen molar-refractivity contribution in [3.63, 3.8) is 0 Å². The molecule has 88 valence electrons. The van der Waals surface area contributed by atoms with Gasteiger partial charge in [-0.05, 0) is 19.4 Å². The second-order valence-corrected chi connectivity index (χ2v) is 4.06. The van der Waals surface area contributed by atoms with Crippen LogP contribution in [0.3, 0.4) is 0 Å². The number of aryl methyl sites for hydroxylation is 1. The van der Waals surface area contributed by atoms with Crippen molar-refractivity contribution in [2.45, 2.75) is 26.8 Å². The van der Waals surface area contributed by atoms with Gasteiger partial charge in [-0.1, -0.05) is 24.3 Å². The van der Waals surface area contributed by atoms with Gasteiger partial charge in [-0.3, -0.25) is 4.79 Å². The van der Waals surface area contributed by atoms with Crippen LogP contribution in [0, 0.1) is 0 Å². The van der Waals surface area contributed by atoms with Crippen LogP contribution in [0.4, 0.5) is 0 Å².